The zero-order valence-electron chi connectivity index (χ0n) is 15.1. The fourth-order valence-electron chi connectivity index (χ4n) is 3.84. The molecule has 132 valence electrons. The van der Waals surface area contributed by atoms with Crippen LogP contribution in [0.2, 0.25) is 0 Å². The smallest absolute Gasteiger partial charge is 0.341 e. The molecule has 0 spiro atoms. The molecule has 0 bridgehead atoms. The third-order valence-corrected chi connectivity index (χ3v) is 6.99. The predicted molar refractivity (Wildman–Crippen MR) is 93.2 cm³/mol. The first-order valence-corrected chi connectivity index (χ1v) is 9.19. The predicted octanol–water partition coefficient (Wildman–Crippen LogP) is 4.14. The largest absolute Gasteiger partial charge is 0.462 e. The fraction of sp³-hybridized carbons (Fsp3) is 0.667. The van der Waals surface area contributed by atoms with E-state index in [-0.39, 0.29) is 28.8 Å². The van der Waals surface area contributed by atoms with Gasteiger partial charge in [0.15, 0.2) is 0 Å². The van der Waals surface area contributed by atoms with Gasteiger partial charge in [-0.1, -0.05) is 27.7 Å². The second-order valence-corrected chi connectivity index (χ2v) is 8.79. The van der Waals surface area contributed by atoms with Crippen molar-refractivity contribution < 1.29 is 19.1 Å². The number of thiophene rings is 1. The first kappa shape index (κ1) is 17.4. The number of carbonyl (C=O) groups excluding carboxylic acids is 2. The minimum Gasteiger partial charge on any atom is -0.462 e. The summed E-state index contributed by atoms with van der Waals surface area (Å²) in [5.74, 6) is -0.480. The van der Waals surface area contributed by atoms with Crippen molar-refractivity contribution in [3.05, 3.63) is 16.0 Å². The van der Waals surface area contributed by atoms with Gasteiger partial charge >= 0.3 is 5.97 Å². The molecule has 2 aliphatic rings. The summed E-state index contributed by atoms with van der Waals surface area (Å²) in [6, 6.07) is 0. The number of anilines is 1. The number of carbonyl (C=O) groups is 2. The van der Waals surface area contributed by atoms with E-state index in [0.717, 1.165) is 10.4 Å². The van der Waals surface area contributed by atoms with Crippen molar-refractivity contribution in [1.82, 2.24) is 0 Å². The highest BCUT2D eigenvalue weighted by atomic mass is 32.1. The van der Waals surface area contributed by atoms with Crippen LogP contribution in [0.4, 0.5) is 5.00 Å². The number of rotatable bonds is 4. The zero-order chi connectivity index (χ0) is 17.9. The SMILES string of the molecule is CCOC(=O)c1c(NC(=O)C2C(C)(C)C2(C)C)sc2c1C(C)OC2. The lowest BCUT2D eigenvalue weighted by Crippen LogP contribution is -2.19. The summed E-state index contributed by atoms with van der Waals surface area (Å²) in [6.07, 6.45) is -0.157. The van der Waals surface area contributed by atoms with Crippen molar-refractivity contribution in [2.24, 2.45) is 16.7 Å². The van der Waals surface area contributed by atoms with Crippen molar-refractivity contribution >= 4 is 28.2 Å². The van der Waals surface area contributed by atoms with E-state index in [4.69, 9.17) is 9.47 Å². The molecule has 0 saturated heterocycles. The normalized spacial score (nSPS) is 23.7. The third kappa shape index (κ3) is 2.39. The minimum atomic E-state index is -0.392. The molecular weight excluding hydrogens is 326 g/mol. The van der Waals surface area contributed by atoms with Crippen molar-refractivity contribution in [2.75, 3.05) is 11.9 Å². The van der Waals surface area contributed by atoms with Gasteiger partial charge in [-0.25, -0.2) is 4.79 Å². The Hall–Kier alpha value is -1.40. The average molecular weight is 351 g/mol. The highest BCUT2D eigenvalue weighted by Crippen LogP contribution is 2.68. The minimum absolute atomic E-state index is 0.0240. The number of fused-ring (bicyclic) bond motifs is 1. The van der Waals surface area contributed by atoms with Gasteiger partial charge in [0.1, 0.15) is 10.6 Å². The number of amides is 1. The van der Waals surface area contributed by atoms with Crippen LogP contribution in [0.15, 0.2) is 0 Å². The lowest BCUT2D eigenvalue weighted by molar-refractivity contribution is -0.118. The Morgan fingerprint density at radius 3 is 2.46 bits per heavy atom. The molecule has 1 N–H and O–H groups in total. The molecule has 1 amide bonds. The lowest BCUT2D eigenvalue weighted by Gasteiger charge is -2.11. The number of esters is 1. The topological polar surface area (TPSA) is 64.6 Å². The fourth-order valence-corrected chi connectivity index (χ4v) is 5.04. The number of ether oxygens (including phenoxy) is 2. The highest BCUT2D eigenvalue weighted by molar-refractivity contribution is 7.17. The lowest BCUT2D eigenvalue weighted by atomic mass is 10.0. The first-order chi connectivity index (χ1) is 11.1. The summed E-state index contributed by atoms with van der Waals surface area (Å²) in [5, 5.41) is 3.59. The molecule has 2 heterocycles. The maximum absolute atomic E-state index is 12.8. The summed E-state index contributed by atoms with van der Waals surface area (Å²) in [4.78, 5) is 26.2. The maximum atomic E-state index is 12.8. The average Bonchev–Trinajstić information content (AvgIpc) is 2.81. The molecule has 0 aromatic carbocycles. The van der Waals surface area contributed by atoms with Gasteiger partial charge < -0.3 is 14.8 Å². The van der Waals surface area contributed by atoms with E-state index in [9.17, 15) is 9.59 Å². The molecule has 0 radical (unpaired) electrons. The molecule has 5 nitrogen and oxygen atoms in total. The molecule has 1 saturated carbocycles. The highest BCUT2D eigenvalue weighted by Gasteiger charge is 2.68. The molecule has 1 fully saturated rings. The Labute approximate surface area is 146 Å². The number of hydrogen-bond acceptors (Lipinski definition) is 5. The van der Waals surface area contributed by atoms with E-state index in [1.807, 2.05) is 6.92 Å². The Kier molecular flexibility index (Phi) is 4.04. The van der Waals surface area contributed by atoms with Crippen molar-refractivity contribution in [3.8, 4) is 0 Å². The summed E-state index contributed by atoms with van der Waals surface area (Å²) in [6.45, 7) is 12.9. The van der Waals surface area contributed by atoms with Crippen molar-refractivity contribution in [1.29, 1.82) is 0 Å². The van der Waals surface area contributed by atoms with E-state index < -0.39 is 5.97 Å². The molecule has 1 unspecified atom stereocenters. The Morgan fingerprint density at radius 2 is 1.92 bits per heavy atom. The Morgan fingerprint density at radius 1 is 1.29 bits per heavy atom. The second kappa shape index (κ2) is 5.56. The van der Waals surface area contributed by atoms with E-state index in [1.165, 1.54) is 11.3 Å². The van der Waals surface area contributed by atoms with Gasteiger partial charge in [-0.3, -0.25) is 4.79 Å². The molecule has 1 aliphatic heterocycles. The van der Waals surface area contributed by atoms with E-state index in [2.05, 4.69) is 33.0 Å². The van der Waals surface area contributed by atoms with Crippen LogP contribution >= 0.6 is 11.3 Å². The van der Waals surface area contributed by atoms with Crippen LogP contribution < -0.4 is 5.32 Å². The monoisotopic (exact) mass is 351 g/mol. The van der Waals surface area contributed by atoms with Crippen LogP contribution in [0, 0.1) is 16.7 Å². The summed E-state index contributed by atoms with van der Waals surface area (Å²) < 4.78 is 10.8. The third-order valence-electron chi connectivity index (χ3n) is 5.89. The maximum Gasteiger partial charge on any atom is 0.341 e. The van der Waals surface area contributed by atoms with E-state index >= 15 is 0 Å². The molecule has 1 aromatic heterocycles. The van der Waals surface area contributed by atoms with Gasteiger partial charge in [0.25, 0.3) is 0 Å². The van der Waals surface area contributed by atoms with Gasteiger partial charge in [-0.15, -0.1) is 11.3 Å². The molecule has 1 atom stereocenters. The van der Waals surface area contributed by atoms with Crippen LogP contribution in [0.25, 0.3) is 0 Å². The van der Waals surface area contributed by atoms with Crippen LogP contribution in [0.1, 0.15) is 68.4 Å². The number of nitrogens with one attached hydrogen (secondary N) is 1. The van der Waals surface area contributed by atoms with Gasteiger partial charge in [0.05, 0.1) is 19.3 Å². The molecular formula is C18H25NO4S. The number of hydrogen-bond donors (Lipinski definition) is 1. The summed E-state index contributed by atoms with van der Waals surface area (Å²) in [7, 11) is 0. The van der Waals surface area contributed by atoms with E-state index in [1.54, 1.807) is 6.92 Å². The Bertz CT molecular complexity index is 690. The second-order valence-electron chi connectivity index (χ2n) is 7.68. The van der Waals surface area contributed by atoms with Crippen LogP contribution in [0.3, 0.4) is 0 Å². The van der Waals surface area contributed by atoms with Crippen molar-refractivity contribution in [2.45, 2.75) is 54.3 Å². The Balaban J connectivity index is 1.91. The van der Waals surface area contributed by atoms with Gasteiger partial charge in [0, 0.05) is 16.4 Å². The first-order valence-electron chi connectivity index (χ1n) is 8.38. The molecule has 3 rings (SSSR count). The molecule has 6 heteroatoms. The van der Waals surface area contributed by atoms with Gasteiger partial charge in [0.2, 0.25) is 5.91 Å². The summed E-state index contributed by atoms with van der Waals surface area (Å²) >= 11 is 1.42. The standard InChI is InChI=1S/C18H25NO4S/c1-7-22-16(21)12-11-9(2)23-8-10(11)24-15(12)19-14(20)13-17(3,4)18(13,5)6/h9,13H,7-8H2,1-6H3,(H,19,20). The van der Waals surface area contributed by atoms with Gasteiger partial charge in [-0.2, -0.15) is 0 Å². The van der Waals surface area contributed by atoms with Gasteiger partial charge in [-0.05, 0) is 24.7 Å². The molecule has 24 heavy (non-hydrogen) atoms. The summed E-state index contributed by atoms with van der Waals surface area (Å²) in [5.41, 5.74) is 1.24. The van der Waals surface area contributed by atoms with Crippen molar-refractivity contribution in [3.63, 3.8) is 0 Å². The molecule has 1 aromatic rings. The van der Waals surface area contributed by atoms with Crippen LogP contribution in [-0.4, -0.2) is 18.5 Å². The van der Waals surface area contributed by atoms with Crippen LogP contribution in [0.5, 0.6) is 0 Å². The zero-order valence-corrected chi connectivity index (χ0v) is 15.9. The van der Waals surface area contributed by atoms with E-state index in [0.29, 0.717) is 23.8 Å². The quantitative estimate of drug-likeness (QED) is 0.828. The van der Waals surface area contributed by atoms with Crippen LogP contribution in [-0.2, 0) is 20.9 Å². The molecule has 1 aliphatic carbocycles.